The molecule has 0 atom stereocenters. The summed E-state index contributed by atoms with van der Waals surface area (Å²) >= 11 is 0. The van der Waals surface area contributed by atoms with Gasteiger partial charge >= 0.3 is 0 Å². The van der Waals surface area contributed by atoms with E-state index in [1.54, 1.807) is 12.1 Å². The van der Waals surface area contributed by atoms with Gasteiger partial charge in [-0.05, 0) is 41.8 Å². The lowest BCUT2D eigenvalue weighted by Gasteiger charge is -2.09. The van der Waals surface area contributed by atoms with Crippen molar-refractivity contribution >= 4 is 58.8 Å². The van der Waals surface area contributed by atoms with E-state index in [9.17, 15) is 31.0 Å². The minimum atomic E-state index is -4.60. The van der Waals surface area contributed by atoms with Gasteiger partial charge in [0.15, 0.2) is 0 Å². The highest BCUT2D eigenvalue weighted by molar-refractivity contribution is 7.86. The van der Waals surface area contributed by atoms with Crippen LogP contribution < -0.4 is 5.73 Å². The first-order valence-electron chi connectivity index (χ1n) is 8.90. The van der Waals surface area contributed by atoms with Crippen molar-refractivity contribution in [1.82, 2.24) is 0 Å². The molecule has 0 unspecified atom stereocenters. The van der Waals surface area contributed by atoms with Crippen LogP contribution in [0.4, 0.5) is 17.1 Å². The van der Waals surface area contributed by atoms with Gasteiger partial charge in [-0.1, -0.05) is 18.2 Å². The predicted octanol–water partition coefficient (Wildman–Crippen LogP) is 4.19. The van der Waals surface area contributed by atoms with Gasteiger partial charge in [-0.2, -0.15) is 21.9 Å². The van der Waals surface area contributed by atoms with Gasteiger partial charge in [0.2, 0.25) is 0 Å². The van der Waals surface area contributed by atoms with Crippen LogP contribution in [0.15, 0.2) is 80.7 Å². The number of rotatable bonds is 4. The SMILES string of the molecule is Nc1ccc(N=Nc2ccc3c(S(=O)(=O)O)cccc3c2)c2cc(S(=O)(=O)O)cc(O)c12. The molecule has 4 rings (SSSR count). The summed E-state index contributed by atoms with van der Waals surface area (Å²) in [4.78, 5) is -0.774. The minimum absolute atomic E-state index is 0.144. The van der Waals surface area contributed by atoms with Crippen LogP contribution in [-0.2, 0) is 20.2 Å². The average Bonchev–Trinajstić information content (AvgIpc) is 2.71. The molecule has 10 nitrogen and oxygen atoms in total. The summed E-state index contributed by atoms with van der Waals surface area (Å²) in [7, 11) is -9.00. The lowest BCUT2D eigenvalue weighted by atomic mass is 10.1. The van der Waals surface area contributed by atoms with Crippen LogP contribution in [0.2, 0.25) is 0 Å². The predicted molar refractivity (Wildman–Crippen MR) is 118 cm³/mol. The number of benzene rings is 4. The highest BCUT2D eigenvalue weighted by atomic mass is 32.2. The van der Waals surface area contributed by atoms with Crippen LogP contribution in [0.25, 0.3) is 21.5 Å². The average molecular weight is 473 g/mol. The Morgan fingerprint density at radius 1 is 0.781 bits per heavy atom. The highest BCUT2D eigenvalue weighted by Crippen LogP contribution is 2.39. The standard InChI is InChI=1S/C20H15N3O7S2/c21-16-6-7-17(15-9-13(31(25,26)27)10-18(24)20(15)16)23-22-12-4-5-14-11(8-12)2-1-3-19(14)32(28,29)30/h1-10,24H,21H2,(H,25,26,27)(H,28,29,30). The van der Waals surface area contributed by atoms with Crippen molar-refractivity contribution < 1.29 is 31.0 Å². The molecule has 0 amide bonds. The summed E-state index contributed by atoms with van der Waals surface area (Å²) in [5, 5.41) is 19.5. The number of hydrogen-bond acceptors (Lipinski definition) is 8. The summed E-state index contributed by atoms with van der Waals surface area (Å²) < 4.78 is 64.8. The smallest absolute Gasteiger partial charge is 0.295 e. The van der Waals surface area contributed by atoms with Crippen LogP contribution in [0.1, 0.15) is 0 Å². The van der Waals surface area contributed by atoms with E-state index < -0.39 is 30.9 Å². The van der Waals surface area contributed by atoms with Crippen molar-refractivity contribution in [1.29, 1.82) is 0 Å². The molecular weight excluding hydrogens is 458 g/mol. The summed E-state index contributed by atoms with van der Waals surface area (Å²) in [6.45, 7) is 0. The van der Waals surface area contributed by atoms with E-state index >= 15 is 0 Å². The third-order valence-electron chi connectivity index (χ3n) is 4.75. The van der Waals surface area contributed by atoms with E-state index in [0.29, 0.717) is 16.5 Å². The number of nitrogens with two attached hydrogens (primary N) is 1. The molecule has 0 spiro atoms. The molecule has 0 aliphatic carbocycles. The molecule has 0 fully saturated rings. The number of aromatic hydroxyl groups is 1. The van der Waals surface area contributed by atoms with Gasteiger partial charge in [0, 0.05) is 27.9 Å². The Hall–Kier alpha value is -3.58. The van der Waals surface area contributed by atoms with E-state index in [0.717, 1.165) is 12.1 Å². The summed E-state index contributed by atoms with van der Waals surface area (Å²) in [6, 6.07) is 13.8. The molecular formula is C20H15N3O7S2. The first-order chi connectivity index (χ1) is 14.9. The van der Waals surface area contributed by atoms with E-state index in [2.05, 4.69) is 10.2 Å². The van der Waals surface area contributed by atoms with Gasteiger partial charge in [0.1, 0.15) is 10.6 Å². The van der Waals surface area contributed by atoms with Gasteiger partial charge < -0.3 is 10.8 Å². The maximum Gasteiger partial charge on any atom is 0.295 e. The fourth-order valence-corrected chi connectivity index (χ4v) is 4.57. The molecule has 4 aromatic rings. The number of fused-ring (bicyclic) bond motifs is 2. The van der Waals surface area contributed by atoms with Crippen LogP contribution in [0.3, 0.4) is 0 Å². The van der Waals surface area contributed by atoms with Crippen molar-refractivity contribution in [3.63, 3.8) is 0 Å². The molecule has 12 heteroatoms. The van der Waals surface area contributed by atoms with Gasteiger partial charge in [-0.25, -0.2) is 0 Å². The Bertz CT molecular complexity index is 1650. The zero-order valence-electron chi connectivity index (χ0n) is 16.0. The van der Waals surface area contributed by atoms with Gasteiger partial charge in [-0.15, -0.1) is 5.11 Å². The zero-order valence-corrected chi connectivity index (χ0v) is 17.7. The maximum atomic E-state index is 11.5. The minimum Gasteiger partial charge on any atom is -0.507 e. The maximum absolute atomic E-state index is 11.5. The van der Waals surface area contributed by atoms with Gasteiger partial charge in [-0.3, -0.25) is 9.11 Å². The van der Waals surface area contributed by atoms with Crippen LogP contribution in [0.5, 0.6) is 5.75 Å². The highest BCUT2D eigenvalue weighted by Gasteiger charge is 2.17. The largest absolute Gasteiger partial charge is 0.507 e. The quantitative estimate of drug-likeness (QED) is 0.193. The van der Waals surface area contributed by atoms with Crippen molar-refractivity contribution in [3.8, 4) is 5.75 Å². The van der Waals surface area contributed by atoms with Crippen molar-refractivity contribution in [2.24, 2.45) is 10.2 Å². The van der Waals surface area contributed by atoms with Gasteiger partial charge in [0.25, 0.3) is 20.2 Å². The monoisotopic (exact) mass is 473 g/mol. The second kappa shape index (κ2) is 7.53. The normalized spacial score (nSPS) is 12.7. The molecule has 0 aliphatic heterocycles. The Kier molecular flexibility index (Phi) is 5.09. The molecule has 0 aliphatic rings. The molecule has 5 N–H and O–H groups in total. The van der Waals surface area contributed by atoms with E-state index in [-0.39, 0.29) is 27.0 Å². The third kappa shape index (κ3) is 3.99. The molecule has 32 heavy (non-hydrogen) atoms. The number of nitrogen functional groups attached to an aromatic ring is 1. The molecule has 4 aromatic carbocycles. The van der Waals surface area contributed by atoms with Gasteiger partial charge in [0.05, 0.1) is 16.3 Å². The lowest BCUT2D eigenvalue weighted by Crippen LogP contribution is -1.98. The van der Waals surface area contributed by atoms with E-state index in [4.69, 9.17) is 5.73 Å². The van der Waals surface area contributed by atoms with E-state index in [1.807, 2.05) is 0 Å². The summed E-state index contributed by atoms with van der Waals surface area (Å²) in [5.74, 6) is -0.451. The van der Waals surface area contributed by atoms with E-state index in [1.165, 1.54) is 36.4 Å². The second-order valence-electron chi connectivity index (χ2n) is 6.85. The topological polar surface area (TPSA) is 180 Å². The summed E-state index contributed by atoms with van der Waals surface area (Å²) in [5.41, 5.74) is 6.56. The Morgan fingerprint density at radius 2 is 1.53 bits per heavy atom. The number of phenols is 1. The number of anilines is 1. The molecule has 0 saturated heterocycles. The van der Waals surface area contributed by atoms with Crippen molar-refractivity contribution in [2.75, 3.05) is 5.73 Å². The van der Waals surface area contributed by atoms with Crippen LogP contribution in [0, 0.1) is 0 Å². The molecule has 0 heterocycles. The first-order valence-corrected chi connectivity index (χ1v) is 11.8. The number of phenolic OH excluding ortho intramolecular Hbond substituents is 1. The second-order valence-corrected chi connectivity index (χ2v) is 9.66. The number of nitrogens with zero attached hydrogens (tertiary/aromatic N) is 2. The van der Waals surface area contributed by atoms with Crippen molar-refractivity contribution in [3.05, 3.63) is 60.7 Å². The number of hydrogen-bond donors (Lipinski definition) is 4. The lowest BCUT2D eigenvalue weighted by molar-refractivity contribution is 0.471. The zero-order chi connectivity index (χ0) is 23.3. The molecule has 0 bridgehead atoms. The van der Waals surface area contributed by atoms with Crippen LogP contribution >= 0.6 is 0 Å². The third-order valence-corrected chi connectivity index (χ3v) is 6.49. The fourth-order valence-electron chi connectivity index (χ4n) is 3.32. The molecule has 0 aromatic heterocycles. The Morgan fingerprint density at radius 3 is 2.22 bits per heavy atom. The molecule has 0 saturated carbocycles. The Labute approximate surface area is 182 Å². The fraction of sp³-hybridized carbons (Fsp3) is 0. The Balaban J connectivity index is 1.85. The van der Waals surface area contributed by atoms with Crippen molar-refractivity contribution in [2.45, 2.75) is 9.79 Å². The molecule has 0 radical (unpaired) electrons. The number of azo groups is 1. The summed E-state index contributed by atoms with van der Waals surface area (Å²) in [6.07, 6.45) is 0. The molecule has 164 valence electrons. The van der Waals surface area contributed by atoms with Crippen LogP contribution in [-0.4, -0.2) is 31.0 Å². The first kappa shape index (κ1) is 21.6.